The number of ether oxygens (including phenoxy) is 2. The fourth-order valence-electron chi connectivity index (χ4n) is 2.66. The molecule has 7 nitrogen and oxygen atoms in total. The van der Waals surface area contributed by atoms with Crippen molar-refractivity contribution in [1.29, 1.82) is 5.26 Å². The number of esters is 1. The molecule has 0 N–H and O–H groups in total. The van der Waals surface area contributed by atoms with Crippen LogP contribution in [0.1, 0.15) is 21.5 Å². The second kappa shape index (κ2) is 8.31. The third kappa shape index (κ3) is 4.52. The van der Waals surface area contributed by atoms with E-state index in [1.807, 2.05) is 6.07 Å². The van der Waals surface area contributed by atoms with Gasteiger partial charge in [0.25, 0.3) is 0 Å². The maximum atomic E-state index is 12.6. The summed E-state index contributed by atoms with van der Waals surface area (Å²) in [6, 6.07) is 14.5. The predicted octanol–water partition coefficient (Wildman–Crippen LogP) is 1.94. The highest BCUT2D eigenvalue weighted by Crippen LogP contribution is 2.18. The van der Waals surface area contributed by atoms with Gasteiger partial charge in [-0.2, -0.15) is 9.57 Å². The van der Waals surface area contributed by atoms with Gasteiger partial charge in [0.15, 0.2) is 0 Å². The first-order chi connectivity index (χ1) is 13.0. The van der Waals surface area contributed by atoms with Crippen molar-refractivity contribution in [2.75, 3.05) is 26.3 Å². The number of nitriles is 1. The van der Waals surface area contributed by atoms with E-state index in [4.69, 9.17) is 14.7 Å². The minimum atomic E-state index is -3.60. The summed E-state index contributed by atoms with van der Waals surface area (Å²) in [7, 11) is -3.60. The van der Waals surface area contributed by atoms with Gasteiger partial charge in [0.2, 0.25) is 10.0 Å². The van der Waals surface area contributed by atoms with Crippen molar-refractivity contribution >= 4 is 16.0 Å². The zero-order valence-corrected chi connectivity index (χ0v) is 15.3. The summed E-state index contributed by atoms with van der Waals surface area (Å²) >= 11 is 0. The van der Waals surface area contributed by atoms with Crippen molar-refractivity contribution in [3.63, 3.8) is 0 Å². The number of hydrogen-bond acceptors (Lipinski definition) is 6. The molecule has 1 fully saturated rings. The molecule has 0 amide bonds. The summed E-state index contributed by atoms with van der Waals surface area (Å²) in [5.74, 6) is -0.562. The van der Waals surface area contributed by atoms with Crippen LogP contribution in [0.4, 0.5) is 0 Å². The molecule has 1 heterocycles. The number of benzene rings is 2. The summed E-state index contributed by atoms with van der Waals surface area (Å²) < 4.78 is 36.9. The van der Waals surface area contributed by atoms with E-state index in [2.05, 4.69) is 0 Å². The Balaban J connectivity index is 1.65. The predicted molar refractivity (Wildman–Crippen MR) is 96.3 cm³/mol. The van der Waals surface area contributed by atoms with Crippen molar-refractivity contribution in [2.45, 2.75) is 11.5 Å². The van der Waals surface area contributed by atoms with E-state index in [0.29, 0.717) is 37.4 Å². The molecule has 3 rings (SSSR count). The first-order valence-corrected chi connectivity index (χ1v) is 9.79. The molecule has 0 aliphatic carbocycles. The van der Waals surface area contributed by atoms with Gasteiger partial charge in [0.05, 0.1) is 35.3 Å². The largest absolute Gasteiger partial charge is 0.457 e. The fourth-order valence-corrected chi connectivity index (χ4v) is 4.07. The van der Waals surface area contributed by atoms with Crippen LogP contribution in [0.25, 0.3) is 0 Å². The first-order valence-electron chi connectivity index (χ1n) is 8.35. The minimum Gasteiger partial charge on any atom is -0.457 e. The fraction of sp³-hybridized carbons (Fsp3) is 0.263. The van der Waals surface area contributed by atoms with Crippen LogP contribution in [0, 0.1) is 11.3 Å². The van der Waals surface area contributed by atoms with E-state index in [1.54, 1.807) is 24.3 Å². The van der Waals surface area contributed by atoms with E-state index in [1.165, 1.54) is 28.6 Å². The van der Waals surface area contributed by atoms with Crippen LogP contribution in [0.5, 0.6) is 0 Å². The smallest absolute Gasteiger partial charge is 0.338 e. The van der Waals surface area contributed by atoms with Gasteiger partial charge in [-0.1, -0.05) is 12.1 Å². The third-order valence-electron chi connectivity index (χ3n) is 4.12. The lowest BCUT2D eigenvalue weighted by Gasteiger charge is -2.26. The molecule has 1 aliphatic rings. The van der Waals surface area contributed by atoms with Crippen LogP contribution in [0.2, 0.25) is 0 Å². The average Bonchev–Trinajstić information content (AvgIpc) is 2.73. The van der Waals surface area contributed by atoms with Gasteiger partial charge in [-0.25, -0.2) is 13.2 Å². The SMILES string of the molecule is N#Cc1cccc(COC(=O)c2ccc(S(=O)(=O)N3CCOCC3)cc2)c1. The number of carbonyl (C=O) groups excluding carboxylic acids is 1. The molecule has 0 spiro atoms. The number of rotatable bonds is 5. The minimum absolute atomic E-state index is 0.0299. The number of nitrogens with zero attached hydrogens (tertiary/aromatic N) is 2. The Kier molecular flexibility index (Phi) is 5.86. The molecule has 0 atom stereocenters. The van der Waals surface area contributed by atoms with Gasteiger partial charge >= 0.3 is 5.97 Å². The second-order valence-corrected chi connectivity index (χ2v) is 7.87. The summed E-state index contributed by atoms with van der Waals surface area (Å²) in [5, 5.41) is 8.89. The maximum Gasteiger partial charge on any atom is 0.338 e. The summed E-state index contributed by atoms with van der Waals surface area (Å²) in [6.45, 7) is 1.40. The quantitative estimate of drug-likeness (QED) is 0.729. The van der Waals surface area contributed by atoms with Crippen molar-refractivity contribution in [3.8, 4) is 6.07 Å². The molecule has 2 aromatic carbocycles. The lowest BCUT2D eigenvalue weighted by molar-refractivity contribution is 0.0472. The van der Waals surface area contributed by atoms with Crippen molar-refractivity contribution in [3.05, 3.63) is 65.2 Å². The Morgan fingerprint density at radius 1 is 1.15 bits per heavy atom. The zero-order valence-electron chi connectivity index (χ0n) is 14.5. The molecular formula is C19H18N2O5S. The van der Waals surface area contributed by atoms with Crippen LogP contribution < -0.4 is 0 Å². The van der Waals surface area contributed by atoms with Gasteiger partial charge in [0, 0.05) is 13.1 Å². The van der Waals surface area contributed by atoms with Crippen LogP contribution in [0.3, 0.4) is 0 Å². The van der Waals surface area contributed by atoms with Gasteiger partial charge < -0.3 is 9.47 Å². The van der Waals surface area contributed by atoms with E-state index >= 15 is 0 Å². The van der Waals surface area contributed by atoms with Crippen molar-refractivity contribution in [2.24, 2.45) is 0 Å². The molecule has 0 unspecified atom stereocenters. The van der Waals surface area contributed by atoms with E-state index in [0.717, 1.165) is 0 Å². The van der Waals surface area contributed by atoms with Crippen molar-refractivity contribution < 1.29 is 22.7 Å². The molecule has 0 saturated carbocycles. The molecule has 0 radical (unpaired) electrons. The topological polar surface area (TPSA) is 96.7 Å². The van der Waals surface area contributed by atoms with Gasteiger partial charge in [-0.15, -0.1) is 0 Å². The molecule has 0 bridgehead atoms. The highest BCUT2D eigenvalue weighted by atomic mass is 32.2. The van der Waals surface area contributed by atoms with Gasteiger partial charge in [-0.3, -0.25) is 0 Å². The third-order valence-corrected chi connectivity index (χ3v) is 6.04. The number of hydrogen-bond donors (Lipinski definition) is 0. The van der Waals surface area contributed by atoms with Gasteiger partial charge in [-0.05, 0) is 42.0 Å². The van der Waals surface area contributed by atoms with Crippen molar-refractivity contribution in [1.82, 2.24) is 4.31 Å². The number of morpholine rings is 1. The summed E-state index contributed by atoms with van der Waals surface area (Å²) in [4.78, 5) is 12.3. The number of carbonyl (C=O) groups is 1. The lowest BCUT2D eigenvalue weighted by atomic mass is 10.1. The highest BCUT2D eigenvalue weighted by molar-refractivity contribution is 7.89. The van der Waals surface area contributed by atoms with Gasteiger partial charge in [0.1, 0.15) is 6.61 Å². The van der Waals surface area contributed by atoms with Crippen LogP contribution in [0.15, 0.2) is 53.4 Å². The maximum absolute atomic E-state index is 12.6. The molecule has 1 saturated heterocycles. The van der Waals surface area contributed by atoms with E-state index < -0.39 is 16.0 Å². The van der Waals surface area contributed by atoms with E-state index in [-0.39, 0.29) is 17.1 Å². The Bertz CT molecular complexity index is 958. The lowest BCUT2D eigenvalue weighted by Crippen LogP contribution is -2.40. The zero-order chi connectivity index (χ0) is 19.3. The van der Waals surface area contributed by atoms with Crippen LogP contribution >= 0.6 is 0 Å². The van der Waals surface area contributed by atoms with Crippen LogP contribution in [-0.4, -0.2) is 45.0 Å². The monoisotopic (exact) mass is 386 g/mol. The average molecular weight is 386 g/mol. The normalized spacial score (nSPS) is 15.1. The molecule has 2 aromatic rings. The molecular weight excluding hydrogens is 368 g/mol. The van der Waals surface area contributed by atoms with Crippen LogP contribution in [-0.2, 0) is 26.1 Å². The summed E-state index contributed by atoms with van der Waals surface area (Å²) in [6.07, 6.45) is 0. The molecule has 140 valence electrons. The summed E-state index contributed by atoms with van der Waals surface area (Å²) in [5.41, 5.74) is 1.45. The number of sulfonamides is 1. The second-order valence-electron chi connectivity index (χ2n) is 5.93. The standard InChI is InChI=1S/C19H18N2O5S/c20-13-15-2-1-3-16(12-15)14-26-19(22)17-4-6-18(7-5-17)27(23,24)21-8-10-25-11-9-21/h1-7,12H,8-11,14H2. The molecule has 27 heavy (non-hydrogen) atoms. The Morgan fingerprint density at radius 2 is 1.85 bits per heavy atom. The molecule has 0 aromatic heterocycles. The molecule has 8 heteroatoms. The van der Waals surface area contributed by atoms with E-state index in [9.17, 15) is 13.2 Å². The Morgan fingerprint density at radius 3 is 2.52 bits per heavy atom. The highest BCUT2D eigenvalue weighted by Gasteiger charge is 2.26. The first kappa shape index (κ1) is 19.0. The Hall–Kier alpha value is -2.73. The Labute approximate surface area is 157 Å². The molecule has 1 aliphatic heterocycles.